The van der Waals surface area contributed by atoms with E-state index in [2.05, 4.69) is 35.8 Å². The minimum atomic E-state index is 0.166. The van der Waals surface area contributed by atoms with Gasteiger partial charge < -0.3 is 15.8 Å². The number of aromatic nitrogens is 7. The summed E-state index contributed by atoms with van der Waals surface area (Å²) in [5.74, 6) is 1.60. The summed E-state index contributed by atoms with van der Waals surface area (Å²) >= 11 is 1.45. The fourth-order valence-corrected chi connectivity index (χ4v) is 3.59. The minimum Gasteiger partial charge on any atom is -0.376 e. The van der Waals surface area contributed by atoms with Gasteiger partial charge in [-0.15, -0.1) is 5.10 Å². The third-order valence-electron chi connectivity index (χ3n) is 4.24. The van der Waals surface area contributed by atoms with Gasteiger partial charge in [-0.1, -0.05) is 29.5 Å². The lowest BCUT2D eigenvalue weighted by atomic mass is 10.2. The van der Waals surface area contributed by atoms with Crippen LogP contribution in [-0.4, -0.2) is 47.9 Å². The van der Waals surface area contributed by atoms with E-state index in [0.29, 0.717) is 29.2 Å². The summed E-state index contributed by atoms with van der Waals surface area (Å²) in [7, 11) is 0. The number of nitrogens with two attached hydrogens (primary N) is 1. The zero-order valence-electron chi connectivity index (χ0n) is 15.4. The van der Waals surface area contributed by atoms with E-state index in [1.807, 2.05) is 31.2 Å². The van der Waals surface area contributed by atoms with Crippen molar-refractivity contribution >= 4 is 29.3 Å². The summed E-state index contributed by atoms with van der Waals surface area (Å²) in [6.07, 6.45) is 2.28. The Bertz CT molecular complexity index is 925. The Kier molecular flexibility index (Phi) is 5.63. The van der Waals surface area contributed by atoms with Gasteiger partial charge in [-0.05, 0) is 42.3 Å². The molecule has 2 aromatic heterocycles. The Morgan fingerprint density at radius 1 is 1.25 bits per heavy atom. The molecule has 1 aliphatic heterocycles. The van der Waals surface area contributed by atoms with E-state index in [9.17, 15) is 0 Å². The molecular formula is C17H21N9OS. The van der Waals surface area contributed by atoms with Crippen molar-refractivity contribution in [3.8, 4) is 0 Å². The average molecular weight is 399 g/mol. The van der Waals surface area contributed by atoms with Crippen molar-refractivity contribution in [1.82, 2.24) is 35.2 Å². The number of thioether (sulfide) groups is 1. The maximum Gasteiger partial charge on any atom is 0.232 e. The van der Waals surface area contributed by atoms with Crippen molar-refractivity contribution in [3.63, 3.8) is 0 Å². The van der Waals surface area contributed by atoms with Gasteiger partial charge in [0.1, 0.15) is 5.82 Å². The van der Waals surface area contributed by atoms with Crippen LogP contribution in [0.15, 0.2) is 29.4 Å². The van der Waals surface area contributed by atoms with Gasteiger partial charge in [0.2, 0.25) is 17.1 Å². The highest BCUT2D eigenvalue weighted by atomic mass is 32.2. The molecule has 1 fully saturated rings. The van der Waals surface area contributed by atoms with Gasteiger partial charge in [0, 0.05) is 12.3 Å². The van der Waals surface area contributed by atoms with Crippen molar-refractivity contribution in [2.75, 3.05) is 17.7 Å². The highest BCUT2D eigenvalue weighted by Crippen LogP contribution is 2.22. The summed E-state index contributed by atoms with van der Waals surface area (Å²) in [6.45, 7) is 3.48. The molecule has 1 saturated heterocycles. The van der Waals surface area contributed by atoms with E-state index in [1.165, 1.54) is 17.3 Å². The molecule has 1 aliphatic rings. The molecule has 1 atom stereocenters. The lowest BCUT2D eigenvalue weighted by Crippen LogP contribution is -2.17. The second-order valence-corrected chi connectivity index (χ2v) is 7.43. The fourth-order valence-electron chi connectivity index (χ4n) is 2.85. The third kappa shape index (κ3) is 4.73. The van der Waals surface area contributed by atoms with Crippen LogP contribution in [0, 0.1) is 6.92 Å². The molecule has 0 bridgehead atoms. The molecule has 0 amide bonds. The van der Waals surface area contributed by atoms with Crippen LogP contribution in [0.3, 0.4) is 0 Å². The summed E-state index contributed by atoms with van der Waals surface area (Å²) in [5, 5.41) is 15.8. The van der Waals surface area contributed by atoms with Gasteiger partial charge >= 0.3 is 0 Å². The number of hydrogen-bond acceptors (Lipinski definition) is 10. The maximum absolute atomic E-state index is 5.85. The molecule has 0 spiro atoms. The third-order valence-corrected chi connectivity index (χ3v) is 5.19. The van der Waals surface area contributed by atoms with Gasteiger partial charge in [0.05, 0.1) is 18.4 Å². The number of benzene rings is 1. The van der Waals surface area contributed by atoms with Gasteiger partial charge in [0.25, 0.3) is 0 Å². The Morgan fingerprint density at radius 2 is 2.11 bits per heavy atom. The maximum atomic E-state index is 5.85. The Morgan fingerprint density at radius 3 is 2.89 bits per heavy atom. The highest BCUT2D eigenvalue weighted by molar-refractivity contribution is 7.98. The smallest absolute Gasteiger partial charge is 0.232 e. The summed E-state index contributed by atoms with van der Waals surface area (Å²) in [6, 6.07) is 7.95. The van der Waals surface area contributed by atoms with Gasteiger partial charge in [-0.2, -0.15) is 15.0 Å². The molecule has 3 N–H and O–H groups in total. The fraction of sp³-hybridized carbons (Fsp3) is 0.412. The van der Waals surface area contributed by atoms with Crippen LogP contribution in [0.5, 0.6) is 0 Å². The van der Waals surface area contributed by atoms with E-state index in [4.69, 9.17) is 10.5 Å². The molecule has 146 valence electrons. The first kappa shape index (κ1) is 18.6. The van der Waals surface area contributed by atoms with E-state index in [1.54, 1.807) is 4.68 Å². The lowest BCUT2D eigenvalue weighted by molar-refractivity contribution is 0.0912. The number of ether oxygens (including phenoxy) is 1. The molecule has 0 aliphatic carbocycles. The standard InChI is InChI=1S/C17H21N9OS/c1-11-4-6-12(7-5-11)19-16-21-14(20-15(18)22-16)10-28-17-23-24-25-26(17)9-13-3-2-8-27-13/h4-7,13H,2-3,8-10H2,1H3,(H3,18,19,20,21,22)/t13-/m1/s1. The van der Waals surface area contributed by atoms with E-state index >= 15 is 0 Å². The number of nitrogens with one attached hydrogen (secondary N) is 1. The molecule has 1 aromatic carbocycles. The van der Waals surface area contributed by atoms with Crippen LogP contribution in [-0.2, 0) is 17.0 Å². The van der Waals surface area contributed by atoms with E-state index in [-0.39, 0.29) is 12.1 Å². The van der Waals surface area contributed by atoms with Crippen LogP contribution in [0.1, 0.15) is 24.2 Å². The Hall–Kier alpha value is -2.79. The molecule has 0 radical (unpaired) electrons. The van der Waals surface area contributed by atoms with Crippen LogP contribution in [0.2, 0.25) is 0 Å². The molecule has 28 heavy (non-hydrogen) atoms. The van der Waals surface area contributed by atoms with Gasteiger partial charge in [-0.25, -0.2) is 4.68 Å². The quantitative estimate of drug-likeness (QED) is 0.569. The first-order valence-electron chi connectivity index (χ1n) is 9.00. The van der Waals surface area contributed by atoms with Crippen molar-refractivity contribution in [2.24, 2.45) is 0 Å². The molecule has 0 saturated carbocycles. The Balaban J connectivity index is 1.42. The predicted octanol–water partition coefficient (Wildman–Crippen LogP) is 1.96. The van der Waals surface area contributed by atoms with Crippen molar-refractivity contribution < 1.29 is 4.74 Å². The minimum absolute atomic E-state index is 0.166. The van der Waals surface area contributed by atoms with Crippen molar-refractivity contribution in [2.45, 2.75) is 43.3 Å². The average Bonchev–Trinajstić information content (AvgIpc) is 3.34. The number of anilines is 3. The normalized spacial score (nSPS) is 16.4. The summed E-state index contributed by atoms with van der Waals surface area (Å²) in [4.78, 5) is 12.8. The van der Waals surface area contributed by atoms with Crippen LogP contribution in [0.4, 0.5) is 17.6 Å². The number of tetrazole rings is 1. The SMILES string of the molecule is Cc1ccc(Nc2nc(N)nc(CSc3nnnn3C[C@H]3CCCO3)n2)cc1. The molecule has 4 rings (SSSR count). The highest BCUT2D eigenvalue weighted by Gasteiger charge is 2.19. The second-order valence-electron chi connectivity index (χ2n) is 6.49. The Labute approximate surface area is 166 Å². The molecule has 10 nitrogen and oxygen atoms in total. The summed E-state index contributed by atoms with van der Waals surface area (Å²) < 4.78 is 7.42. The summed E-state index contributed by atoms with van der Waals surface area (Å²) in [5.41, 5.74) is 7.92. The topological polar surface area (TPSA) is 130 Å². The predicted molar refractivity (Wildman–Crippen MR) is 105 cm³/mol. The number of rotatable bonds is 7. The number of nitrogen functional groups attached to an aromatic ring is 1. The molecule has 11 heteroatoms. The first-order valence-corrected chi connectivity index (χ1v) is 9.99. The second kappa shape index (κ2) is 8.48. The largest absolute Gasteiger partial charge is 0.376 e. The number of aryl methyl sites for hydroxylation is 1. The molecular weight excluding hydrogens is 378 g/mol. The van der Waals surface area contributed by atoms with E-state index < -0.39 is 0 Å². The van der Waals surface area contributed by atoms with Crippen LogP contribution in [0.25, 0.3) is 0 Å². The molecule has 3 heterocycles. The van der Waals surface area contributed by atoms with Crippen LogP contribution < -0.4 is 11.1 Å². The first-order chi connectivity index (χ1) is 13.7. The zero-order valence-corrected chi connectivity index (χ0v) is 16.3. The van der Waals surface area contributed by atoms with Gasteiger partial charge in [0.15, 0.2) is 0 Å². The van der Waals surface area contributed by atoms with Gasteiger partial charge in [-0.3, -0.25) is 0 Å². The number of hydrogen-bond donors (Lipinski definition) is 2. The van der Waals surface area contributed by atoms with Crippen molar-refractivity contribution in [1.29, 1.82) is 0 Å². The monoisotopic (exact) mass is 399 g/mol. The number of nitrogens with zero attached hydrogens (tertiary/aromatic N) is 7. The lowest BCUT2D eigenvalue weighted by Gasteiger charge is -2.10. The van der Waals surface area contributed by atoms with Crippen LogP contribution >= 0.6 is 11.8 Å². The molecule has 0 unspecified atom stereocenters. The van der Waals surface area contributed by atoms with E-state index in [0.717, 1.165) is 25.1 Å². The van der Waals surface area contributed by atoms with Crippen molar-refractivity contribution in [3.05, 3.63) is 35.7 Å². The zero-order chi connectivity index (χ0) is 19.3. The molecule has 3 aromatic rings.